The Hall–Kier alpha value is -0.900. The molecule has 4 heteroatoms. The van der Waals surface area contributed by atoms with Crippen molar-refractivity contribution in [2.45, 2.75) is 70.8 Å². The van der Waals surface area contributed by atoms with Gasteiger partial charge in [0.25, 0.3) is 5.91 Å². The molecule has 0 radical (unpaired) electrons. The zero-order chi connectivity index (χ0) is 14.7. The van der Waals surface area contributed by atoms with E-state index in [9.17, 15) is 4.79 Å². The highest BCUT2D eigenvalue weighted by Gasteiger charge is 2.33. The summed E-state index contributed by atoms with van der Waals surface area (Å²) in [6.07, 6.45) is 11.1. The fraction of sp³-hybridized carbons (Fsp3) is 0.882. The van der Waals surface area contributed by atoms with E-state index < -0.39 is 0 Å². The Bertz CT molecular complexity index is 402. The lowest BCUT2D eigenvalue weighted by Crippen LogP contribution is -2.34. The molecular formula is C17H28N2O2. The molecule has 4 unspecified atom stereocenters. The molecule has 118 valence electrons. The van der Waals surface area contributed by atoms with Gasteiger partial charge in [0.15, 0.2) is 0 Å². The first kappa shape index (κ1) is 15.0. The lowest BCUT2D eigenvalue weighted by Gasteiger charge is -2.39. The van der Waals surface area contributed by atoms with Crippen LogP contribution < -0.4 is 5.43 Å². The SMILES string of the molecule is C/C(=N/NC(=O)C1CCCO1)C1CCC2CCCCC2C1. The fourth-order valence-electron chi connectivity index (χ4n) is 4.34. The van der Waals surface area contributed by atoms with Gasteiger partial charge in [-0.1, -0.05) is 25.7 Å². The van der Waals surface area contributed by atoms with Crippen LogP contribution in [0.4, 0.5) is 0 Å². The zero-order valence-corrected chi connectivity index (χ0v) is 13.1. The third-order valence-electron chi connectivity index (χ3n) is 5.70. The van der Waals surface area contributed by atoms with E-state index in [1.54, 1.807) is 0 Å². The first-order valence-corrected chi connectivity index (χ1v) is 8.69. The van der Waals surface area contributed by atoms with Gasteiger partial charge in [-0.2, -0.15) is 5.10 Å². The summed E-state index contributed by atoms with van der Waals surface area (Å²) in [6.45, 7) is 2.77. The van der Waals surface area contributed by atoms with Crippen molar-refractivity contribution in [2.75, 3.05) is 6.61 Å². The minimum Gasteiger partial charge on any atom is -0.368 e. The minimum atomic E-state index is -0.282. The predicted octanol–water partition coefficient (Wildman–Crippen LogP) is 3.26. The number of hydrogen-bond donors (Lipinski definition) is 1. The van der Waals surface area contributed by atoms with Gasteiger partial charge in [-0.3, -0.25) is 4.79 Å². The van der Waals surface area contributed by atoms with Gasteiger partial charge in [0, 0.05) is 12.3 Å². The van der Waals surface area contributed by atoms with E-state index in [0.29, 0.717) is 12.5 Å². The number of rotatable bonds is 3. The molecule has 3 rings (SSSR count). The van der Waals surface area contributed by atoms with Crippen molar-refractivity contribution >= 4 is 11.6 Å². The van der Waals surface area contributed by atoms with Gasteiger partial charge in [0.05, 0.1) is 0 Å². The minimum absolute atomic E-state index is 0.0711. The van der Waals surface area contributed by atoms with E-state index in [0.717, 1.165) is 30.4 Å². The molecule has 2 saturated carbocycles. The molecule has 1 amide bonds. The Kier molecular flexibility index (Phi) is 4.94. The Balaban J connectivity index is 1.51. The van der Waals surface area contributed by atoms with Crippen LogP contribution in [0.5, 0.6) is 0 Å². The van der Waals surface area contributed by atoms with Crippen LogP contribution in [0.1, 0.15) is 64.7 Å². The number of amides is 1. The smallest absolute Gasteiger partial charge is 0.269 e. The molecule has 1 aliphatic heterocycles. The van der Waals surface area contributed by atoms with Crippen LogP contribution in [0.25, 0.3) is 0 Å². The molecule has 3 aliphatic rings. The van der Waals surface area contributed by atoms with Gasteiger partial charge in [-0.15, -0.1) is 0 Å². The zero-order valence-electron chi connectivity index (χ0n) is 13.1. The first-order chi connectivity index (χ1) is 10.2. The maximum absolute atomic E-state index is 11.9. The van der Waals surface area contributed by atoms with Crippen LogP contribution in [0.2, 0.25) is 0 Å². The lowest BCUT2D eigenvalue weighted by atomic mass is 9.67. The van der Waals surface area contributed by atoms with Gasteiger partial charge < -0.3 is 4.74 Å². The predicted molar refractivity (Wildman–Crippen MR) is 83.0 cm³/mol. The third kappa shape index (κ3) is 3.65. The lowest BCUT2D eigenvalue weighted by molar-refractivity contribution is -0.130. The van der Waals surface area contributed by atoms with Crippen LogP contribution >= 0.6 is 0 Å². The molecule has 0 bridgehead atoms. The molecular weight excluding hydrogens is 264 g/mol. The summed E-state index contributed by atoms with van der Waals surface area (Å²) in [5, 5.41) is 4.37. The Labute approximate surface area is 127 Å². The molecule has 1 saturated heterocycles. The number of fused-ring (bicyclic) bond motifs is 1. The Morgan fingerprint density at radius 2 is 1.86 bits per heavy atom. The van der Waals surface area contributed by atoms with Crippen LogP contribution in [0.3, 0.4) is 0 Å². The van der Waals surface area contributed by atoms with Gasteiger partial charge in [0.2, 0.25) is 0 Å². The molecule has 3 fully saturated rings. The maximum Gasteiger partial charge on any atom is 0.269 e. The molecule has 0 aromatic rings. The Morgan fingerprint density at radius 3 is 2.62 bits per heavy atom. The largest absolute Gasteiger partial charge is 0.368 e. The molecule has 0 spiro atoms. The monoisotopic (exact) mass is 292 g/mol. The van der Waals surface area contributed by atoms with E-state index in [4.69, 9.17) is 4.74 Å². The third-order valence-corrected chi connectivity index (χ3v) is 5.70. The number of carbonyl (C=O) groups is 1. The number of nitrogens with zero attached hydrogens (tertiary/aromatic N) is 1. The van der Waals surface area contributed by atoms with E-state index >= 15 is 0 Å². The van der Waals surface area contributed by atoms with Gasteiger partial charge >= 0.3 is 0 Å². The normalized spacial score (nSPS) is 37.1. The summed E-state index contributed by atoms with van der Waals surface area (Å²) in [5.41, 5.74) is 3.82. The average molecular weight is 292 g/mol. The molecule has 1 heterocycles. The van der Waals surface area contributed by atoms with Crippen molar-refractivity contribution in [1.29, 1.82) is 0 Å². The van der Waals surface area contributed by atoms with Crippen LogP contribution in [-0.4, -0.2) is 24.3 Å². The van der Waals surface area contributed by atoms with E-state index in [2.05, 4.69) is 17.5 Å². The fourth-order valence-corrected chi connectivity index (χ4v) is 4.34. The molecule has 21 heavy (non-hydrogen) atoms. The van der Waals surface area contributed by atoms with Crippen molar-refractivity contribution in [3.05, 3.63) is 0 Å². The van der Waals surface area contributed by atoms with Crippen molar-refractivity contribution in [1.82, 2.24) is 5.43 Å². The highest BCUT2D eigenvalue weighted by atomic mass is 16.5. The summed E-state index contributed by atoms with van der Waals surface area (Å²) in [5.74, 6) is 2.35. The Morgan fingerprint density at radius 1 is 1.05 bits per heavy atom. The van der Waals surface area contributed by atoms with Gasteiger partial charge in [-0.25, -0.2) is 5.43 Å². The summed E-state index contributed by atoms with van der Waals surface area (Å²) in [4.78, 5) is 11.9. The van der Waals surface area contributed by atoms with Gasteiger partial charge in [0.1, 0.15) is 6.10 Å². The highest BCUT2D eigenvalue weighted by molar-refractivity contribution is 5.87. The standard InChI is InChI=1S/C17H28N2O2/c1-12(18-19-17(20)16-7-4-10-21-16)14-9-8-13-5-2-3-6-15(13)11-14/h13-16H,2-11H2,1H3,(H,19,20)/b18-12-. The summed E-state index contributed by atoms with van der Waals surface area (Å²) >= 11 is 0. The van der Waals surface area contributed by atoms with Gasteiger partial charge in [-0.05, 0) is 56.8 Å². The first-order valence-electron chi connectivity index (χ1n) is 8.69. The number of hydrogen-bond acceptors (Lipinski definition) is 3. The second kappa shape index (κ2) is 6.91. The molecule has 2 aliphatic carbocycles. The van der Waals surface area contributed by atoms with Crippen molar-refractivity contribution in [3.63, 3.8) is 0 Å². The quantitative estimate of drug-likeness (QED) is 0.641. The summed E-state index contributed by atoms with van der Waals surface area (Å²) in [7, 11) is 0. The number of carbonyl (C=O) groups excluding carboxylic acids is 1. The van der Waals surface area contributed by atoms with Crippen molar-refractivity contribution < 1.29 is 9.53 Å². The summed E-state index contributed by atoms with van der Waals surface area (Å²) in [6, 6.07) is 0. The van der Waals surface area contributed by atoms with E-state index in [1.165, 1.54) is 44.9 Å². The topological polar surface area (TPSA) is 50.7 Å². The maximum atomic E-state index is 11.9. The number of hydrazone groups is 1. The van der Waals surface area contributed by atoms with Crippen molar-refractivity contribution in [3.8, 4) is 0 Å². The molecule has 0 aromatic carbocycles. The molecule has 4 nitrogen and oxygen atoms in total. The van der Waals surface area contributed by atoms with E-state index in [-0.39, 0.29) is 12.0 Å². The molecule has 4 atom stereocenters. The number of nitrogens with one attached hydrogen (secondary N) is 1. The van der Waals surface area contributed by atoms with E-state index in [1.807, 2.05) is 0 Å². The summed E-state index contributed by atoms with van der Waals surface area (Å²) < 4.78 is 5.38. The highest BCUT2D eigenvalue weighted by Crippen LogP contribution is 2.42. The van der Waals surface area contributed by atoms with Crippen LogP contribution in [-0.2, 0) is 9.53 Å². The molecule has 1 N–H and O–H groups in total. The van der Waals surface area contributed by atoms with Crippen LogP contribution in [0.15, 0.2) is 5.10 Å². The second-order valence-electron chi connectivity index (χ2n) is 7.05. The van der Waals surface area contributed by atoms with Crippen molar-refractivity contribution in [2.24, 2.45) is 22.9 Å². The molecule has 0 aromatic heterocycles. The number of ether oxygens (including phenoxy) is 1. The average Bonchev–Trinajstić information content (AvgIpc) is 3.06. The second-order valence-corrected chi connectivity index (χ2v) is 7.05. The van der Waals surface area contributed by atoms with Crippen LogP contribution in [0, 0.1) is 17.8 Å².